The summed E-state index contributed by atoms with van der Waals surface area (Å²) in [5, 5.41) is 10.5. The van der Waals surface area contributed by atoms with Crippen molar-refractivity contribution in [2.75, 3.05) is 52.4 Å². The van der Waals surface area contributed by atoms with Crippen molar-refractivity contribution in [3.63, 3.8) is 0 Å². The molecule has 0 saturated carbocycles. The monoisotopic (exact) mass is 644 g/mol. The molecule has 3 aromatic carbocycles. The zero-order chi connectivity index (χ0) is 33.3. The Balaban J connectivity index is 1.27. The van der Waals surface area contributed by atoms with Gasteiger partial charge >= 0.3 is 5.97 Å². The smallest absolute Gasteiger partial charge is 0.305 e. The van der Waals surface area contributed by atoms with Crippen LogP contribution in [0.4, 0.5) is 4.39 Å². The molecule has 2 fully saturated rings. The molecule has 9 heteroatoms. The van der Waals surface area contributed by atoms with E-state index < -0.39 is 0 Å². The molecule has 2 saturated heterocycles. The zero-order valence-electron chi connectivity index (χ0n) is 28.0. The number of phenolic OH excluding ortho intramolecular Hbond substituents is 1. The minimum Gasteiger partial charge on any atom is -0.508 e. The predicted octanol–water partition coefficient (Wildman–Crippen LogP) is 5.71. The number of carbonyl (C=O) groups excluding carboxylic acids is 2. The van der Waals surface area contributed by atoms with Crippen LogP contribution in [0.5, 0.6) is 5.75 Å². The predicted molar refractivity (Wildman–Crippen MR) is 182 cm³/mol. The first-order valence-electron chi connectivity index (χ1n) is 17.0. The number of hydrogen-bond acceptors (Lipinski definition) is 7. The Morgan fingerprint density at radius 3 is 2.34 bits per heavy atom. The highest BCUT2D eigenvalue weighted by atomic mass is 19.1. The molecule has 47 heavy (non-hydrogen) atoms. The number of hydrogen-bond donors (Lipinski definition) is 1. The van der Waals surface area contributed by atoms with Crippen LogP contribution in [-0.4, -0.2) is 101 Å². The van der Waals surface area contributed by atoms with Gasteiger partial charge in [-0.3, -0.25) is 24.3 Å². The molecule has 5 rings (SSSR count). The van der Waals surface area contributed by atoms with Gasteiger partial charge in [0.1, 0.15) is 11.6 Å². The van der Waals surface area contributed by atoms with Crippen molar-refractivity contribution in [1.29, 1.82) is 0 Å². The molecule has 0 aromatic heterocycles. The van der Waals surface area contributed by atoms with E-state index in [1.54, 1.807) is 18.2 Å². The van der Waals surface area contributed by atoms with Gasteiger partial charge in [0.15, 0.2) is 0 Å². The standard InChI is InChI=1S/C38H49FN4O4/c1-4-47-36(45)16-5-6-17-40-18-20-41(21-19-40)38(46)33-13-8-11-31(23-33)37(32-12-9-15-35(44)24-32)43-26-28(2)42(25-29(43)3)27-30-10-7-14-34(39)22-30/h7-15,22-24,28-29,37,44H,4-6,16-21,25-27H2,1-3H3/t28-,29+,37?/m1/s1. The Hall–Kier alpha value is -3.79. The van der Waals surface area contributed by atoms with Gasteiger partial charge in [-0.05, 0) is 93.2 Å². The first-order chi connectivity index (χ1) is 22.7. The fourth-order valence-electron chi connectivity index (χ4n) is 6.98. The van der Waals surface area contributed by atoms with E-state index in [4.69, 9.17) is 4.74 Å². The van der Waals surface area contributed by atoms with Crippen LogP contribution in [0, 0.1) is 5.82 Å². The SMILES string of the molecule is CCOC(=O)CCCCN1CCN(C(=O)c2cccc(C(c3cccc(O)c3)N3C[C@@H](C)N(Cc4cccc(F)c4)C[C@@H]3C)c2)CC1. The number of phenols is 1. The summed E-state index contributed by atoms with van der Waals surface area (Å²) < 4.78 is 18.9. The van der Waals surface area contributed by atoms with Crippen LogP contribution in [0.15, 0.2) is 72.8 Å². The summed E-state index contributed by atoms with van der Waals surface area (Å²) >= 11 is 0. The fraction of sp³-hybridized carbons (Fsp3) is 0.474. The normalized spacial score (nSPS) is 20.2. The number of aromatic hydroxyl groups is 1. The zero-order valence-corrected chi connectivity index (χ0v) is 28.0. The second kappa shape index (κ2) is 16.4. The average Bonchev–Trinajstić information content (AvgIpc) is 3.06. The average molecular weight is 645 g/mol. The molecular weight excluding hydrogens is 595 g/mol. The summed E-state index contributed by atoms with van der Waals surface area (Å²) in [5.41, 5.74) is 3.62. The summed E-state index contributed by atoms with van der Waals surface area (Å²) in [6, 6.07) is 22.4. The van der Waals surface area contributed by atoms with Gasteiger partial charge in [-0.1, -0.05) is 36.4 Å². The Kier molecular flexibility index (Phi) is 12.0. The largest absolute Gasteiger partial charge is 0.508 e. The Morgan fingerprint density at radius 2 is 1.62 bits per heavy atom. The molecule has 8 nitrogen and oxygen atoms in total. The molecule has 0 bridgehead atoms. The lowest BCUT2D eigenvalue weighted by atomic mass is 9.92. The number of carbonyl (C=O) groups is 2. The number of esters is 1. The summed E-state index contributed by atoms with van der Waals surface area (Å²) in [4.78, 5) is 34.5. The lowest BCUT2D eigenvalue weighted by molar-refractivity contribution is -0.143. The summed E-state index contributed by atoms with van der Waals surface area (Å²) in [7, 11) is 0. The minimum atomic E-state index is -0.218. The minimum absolute atomic E-state index is 0.0322. The third-order valence-corrected chi connectivity index (χ3v) is 9.47. The number of nitrogens with zero attached hydrogens (tertiary/aromatic N) is 4. The second-order valence-electron chi connectivity index (χ2n) is 13.0. The van der Waals surface area contributed by atoms with Crippen molar-refractivity contribution >= 4 is 11.9 Å². The maximum atomic E-state index is 13.9. The Bertz CT molecular complexity index is 1490. The van der Waals surface area contributed by atoms with Gasteiger partial charge in [-0.25, -0.2) is 4.39 Å². The molecule has 1 N–H and O–H groups in total. The molecule has 1 unspecified atom stereocenters. The molecular formula is C38H49FN4O4. The summed E-state index contributed by atoms with van der Waals surface area (Å²) in [6.07, 6.45) is 2.19. The van der Waals surface area contributed by atoms with Crippen LogP contribution in [0.1, 0.15) is 73.1 Å². The van der Waals surface area contributed by atoms with Crippen molar-refractivity contribution in [2.45, 2.75) is 64.7 Å². The number of rotatable bonds is 12. The highest BCUT2D eigenvalue weighted by molar-refractivity contribution is 5.94. The topological polar surface area (TPSA) is 76.6 Å². The highest BCUT2D eigenvalue weighted by Gasteiger charge is 2.35. The Morgan fingerprint density at radius 1 is 0.894 bits per heavy atom. The molecule has 3 atom stereocenters. The molecule has 2 aliphatic heterocycles. The van der Waals surface area contributed by atoms with Gasteiger partial charge < -0.3 is 14.7 Å². The van der Waals surface area contributed by atoms with Gasteiger partial charge in [0.2, 0.25) is 0 Å². The van der Waals surface area contributed by atoms with E-state index in [2.05, 4.69) is 34.6 Å². The van der Waals surface area contributed by atoms with Gasteiger partial charge in [-0.2, -0.15) is 0 Å². The van der Waals surface area contributed by atoms with Crippen LogP contribution in [0.25, 0.3) is 0 Å². The van der Waals surface area contributed by atoms with E-state index in [1.165, 1.54) is 6.07 Å². The van der Waals surface area contributed by atoms with Crippen molar-refractivity contribution in [3.05, 3.63) is 101 Å². The van der Waals surface area contributed by atoms with Gasteiger partial charge in [0.25, 0.3) is 5.91 Å². The lowest BCUT2D eigenvalue weighted by Gasteiger charge is -2.47. The maximum Gasteiger partial charge on any atom is 0.305 e. The van der Waals surface area contributed by atoms with E-state index in [9.17, 15) is 19.1 Å². The molecule has 0 aliphatic carbocycles. The maximum absolute atomic E-state index is 13.9. The van der Waals surface area contributed by atoms with E-state index in [0.29, 0.717) is 38.2 Å². The van der Waals surface area contributed by atoms with E-state index >= 15 is 0 Å². The van der Waals surface area contributed by atoms with E-state index in [1.807, 2.05) is 54.3 Å². The molecule has 1 amide bonds. The number of unbranched alkanes of at least 4 members (excludes halogenated alkanes) is 1. The van der Waals surface area contributed by atoms with Crippen LogP contribution >= 0.6 is 0 Å². The van der Waals surface area contributed by atoms with Gasteiger partial charge in [-0.15, -0.1) is 0 Å². The van der Waals surface area contributed by atoms with Crippen molar-refractivity contribution < 1.29 is 23.8 Å². The number of piperazine rings is 2. The molecule has 0 radical (unpaired) electrons. The third-order valence-electron chi connectivity index (χ3n) is 9.47. The number of amides is 1. The Labute approximate surface area is 278 Å². The van der Waals surface area contributed by atoms with Crippen molar-refractivity contribution in [2.24, 2.45) is 0 Å². The quantitative estimate of drug-likeness (QED) is 0.200. The van der Waals surface area contributed by atoms with Crippen molar-refractivity contribution in [3.8, 4) is 5.75 Å². The van der Waals surface area contributed by atoms with Crippen molar-refractivity contribution in [1.82, 2.24) is 19.6 Å². The number of halogens is 1. The first-order valence-corrected chi connectivity index (χ1v) is 17.0. The first kappa shape index (κ1) is 34.5. The number of benzene rings is 3. The highest BCUT2D eigenvalue weighted by Crippen LogP contribution is 2.35. The summed E-state index contributed by atoms with van der Waals surface area (Å²) in [6.45, 7) is 12.8. The van der Waals surface area contributed by atoms with E-state index in [-0.39, 0.29) is 41.6 Å². The van der Waals surface area contributed by atoms with Crippen LogP contribution in [0.3, 0.4) is 0 Å². The fourth-order valence-corrected chi connectivity index (χ4v) is 6.98. The van der Waals surface area contributed by atoms with Crippen LogP contribution in [-0.2, 0) is 16.1 Å². The molecule has 0 spiro atoms. The molecule has 2 heterocycles. The van der Waals surface area contributed by atoms with Crippen LogP contribution < -0.4 is 0 Å². The lowest BCUT2D eigenvalue weighted by Crippen LogP contribution is -2.56. The third kappa shape index (κ3) is 9.18. The molecule has 3 aromatic rings. The van der Waals surface area contributed by atoms with Crippen LogP contribution in [0.2, 0.25) is 0 Å². The van der Waals surface area contributed by atoms with E-state index in [0.717, 1.165) is 62.3 Å². The van der Waals surface area contributed by atoms with Gasteiger partial charge in [0.05, 0.1) is 12.6 Å². The summed E-state index contributed by atoms with van der Waals surface area (Å²) in [5.74, 6) is -0.109. The molecule has 252 valence electrons. The molecule has 2 aliphatic rings. The number of ether oxygens (including phenoxy) is 1. The van der Waals surface area contributed by atoms with Gasteiger partial charge in [0, 0.05) is 69.9 Å². The second-order valence-corrected chi connectivity index (χ2v) is 13.0.